The van der Waals surface area contributed by atoms with Gasteiger partial charge in [0.15, 0.2) is 0 Å². The van der Waals surface area contributed by atoms with Crippen molar-refractivity contribution in [1.29, 1.82) is 0 Å². The summed E-state index contributed by atoms with van der Waals surface area (Å²) in [4.78, 5) is 27.9. The Morgan fingerprint density at radius 1 is 0.893 bits per heavy atom. The number of alkyl halides is 3. The SMILES string of the molecule is NC(=O)C(c1ccccc1)N1CCN(C(=O)c2ccccc2C(F)(F)F)CC1. The molecule has 0 saturated carbocycles. The minimum absolute atomic E-state index is 0.210. The Morgan fingerprint density at radius 2 is 1.46 bits per heavy atom. The van der Waals surface area contributed by atoms with Gasteiger partial charge in [0.2, 0.25) is 5.91 Å². The van der Waals surface area contributed by atoms with Crippen LogP contribution < -0.4 is 5.73 Å². The van der Waals surface area contributed by atoms with Crippen molar-refractivity contribution in [1.82, 2.24) is 9.80 Å². The fraction of sp³-hybridized carbons (Fsp3) is 0.300. The Hall–Kier alpha value is -2.87. The van der Waals surface area contributed by atoms with Crippen molar-refractivity contribution in [3.8, 4) is 0 Å². The fourth-order valence-corrected chi connectivity index (χ4v) is 3.46. The molecule has 1 saturated heterocycles. The number of hydrogen-bond acceptors (Lipinski definition) is 3. The van der Waals surface area contributed by atoms with Crippen LogP contribution in [0.1, 0.15) is 27.5 Å². The number of amides is 2. The molecule has 1 fully saturated rings. The Bertz CT molecular complexity index is 847. The van der Waals surface area contributed by atoms with Crippen molar-refractivity contribution < 1.29 is 22.8 Å². The van der Waals surface area contributed by atoms with Gasteiger partial charge in [-0.1, -0.05) is 42.5 Å². The standard InChI is InChI=1S/C20H20F3N3O2/c21-20(22,23)16-9-5-4-8-15(16)19(28)26-12-10-25(11-13-26)17(18(24)27)14-6-2-1-3-7-14/h1-9,17H,10-13H2,(H2,24,27). The smallest absolute Gasteiger partial charge is 0.368 e. The maximum absolute atomic E-state index is 13.2. The van der Waals surface area contributed by atoms with Crippen molar-refractivity contribution in [2.24, 2.45) is 5.73 Å². The van der Waals surface area contributed by atoms with Crippen LogP contribution in [0.4, 0.5) is 13.2 Å². The van der Waals surface area contributed by atoms with Crippen LogP contribution in [0.25, 0.3) is 0 Å². The lowest BCUT2D eigenvalue weighted by molar-refractivity contribution is -0.138. The highest BCUT2D eigenvalue weighted by Crippen LogP contribution is 2.32. The molecule has 2 amide bonds. The van der Waals surface area contributed by atoms with Crippen LogP contribution in [-0.4, -0.2) is 47.8 Å². The summed E-state index contributed by atoms with van der Waals surface area (Å²) in [5.41, 5.74) is 5.01. The molecule has 1 heterocycles. The first-order valence-electron chi connectivity index (χ1n) is 8.83. The van der Waals surface area contributed by atoms with E-state index in [0.717, 1.165) is 11.6 Å². The molecule has 28 heavy (non-hydrogen) atoms. The van der Waals surface area contributed by atoms with Gasteiger partial charge in [-0.3, -0.25) is 14.5 Å². The minimum atomic E-state index is -4.60. The Labute approximate surface area is 160 Å². The van der Waals surface area contributed by atoms with E-state index < -0.39 is 29.6 Å². The summed E-state index contributed by atoms with van der Waals surface area (Å²) in [6, 6.07) is 13.2. The highest BCUT2D eigenvalue weighted by atomic mass is 19.4. The third-order valence-corrected chi connectivity index (χ3v) is 4.81. The number of primary amides is 1. The molecule has 148 valence electrons. The number of benzene rings is 2. The van der Waals surface area contributed by atoms with E-state index >= 15 is 0 Å². The first-order chi connectivity index (χ1) is 13.3. The third kappa shape index (κ3) is 4.17. The molecule has 0 aromatic heterocycles. The van der Waals surface area contributed by atoms with E-state index in [-0.39, 0.29) is 18.7 Å². The van der Waals surface area contributed by atoms with E-state index in [9.17, 15) is 22.8 Å². The van der Waals surface area contributed by atoms with Gasteiger partial charge in [0.1, 0.15) is 6.04 Å². The van der Waals surface area contributed by atoms with E-state index in [4.69, 9.17) is 5.73 Å². The molecule has 0 aliphatic carbocycles. The molecule has 1 aliphatic rings. The number of carbonyl (C=O) groups is 2. The van der Waals surface area contributed by atoms with Gasteiger partial charge in [-0.15, -0.1) is 0 Å². The first kappa shape index (κ1) is 19.9. The number of carbonyl (C=O) groups excluding carboxylic acids is 2. The summed E-state index contributed by atoms with van der Waals surface area (Å²) in [5.74, 6) is -1.17. The summed E-state index contributed by atoms with van der Waals surface area (Å²) in [5, 5.41) is 0. The van der Waals surface area contributed by atoms with Gasteiger partial charge >= 0.3 is 6.18 Å². The number of nitrogens with two attached hydrogens (primary N) is 1. The topological polar surface area (TPSA) is 66.6 Å². The van der Waals surface area contributed by atoms with E-state index in [2.05, 4.69) is 0 Å². The predicted molar refractivity (Wildman–Crippen MR) is 97.3 cm³/mol. The molecule has 1 aliphatic heterocycles. The van der Waals surface area contributed by atoms with Gasteiger partial charge in [-0.2, -0.15) is 13.2 Å². The Balaban J connectivity index is 1.74. The quantitative estimate of drug-likeness (QED) is 0.872. The highest BCUT2D eigenvalue weighted by molar-refractivity contribution is 5.96. The van der Waals surface area contributed by atoms with Crippen LogP contribution >= 0.6 is 0 Å². The molecule has 2 aromatic carbocycles. The highest BCUT2D eigenvalue weighted by Gasteiger charge is 2.37. The number of rotatable bonds is 4. The largest absolute Gasteiger partial charge is 0.417 e. The normalized spacial score (nSPS) is 16.6. The van der Waals surface area contributed by atoms with Gasteiger partial charge < -0.3 is 10.6 Å². The van der Waals surface area contributed by atoms with Gasteiger partial charge in [0.25, 0.3) is 5.91 Å². The lowest BCUT2D eigenvalue weighted by Gasteiger charge is -2.38. The molecular weight excluding hydrogens is 371 g/mol. The van der Waals surface area contributed by atoms with Gasteiger partial charge in [-0.25, -0.2) is 0 Å². The van der Waals surface area contributed by atoms with Crippen LogP contribution in [0.15, 0.2) is 54.6 Å². The van der Waals surface area contributed by atoms with E-state index in [1.165, 1.54) is 23.1 Å². The van der Waals surface area contributed by atoms with E-state index in [1.54, 1.807) is 24.3 Å². The Morgan fingerprint density at radius 3 is 2.04 bits per heavy atom. The Kier molecular flexibility index (Phi) is 5.69. The fourth-order valence-electron chi connectivity index (χ4n) is 3.46. The zero-order chi connectivity index (χ0) is 20.3. The summed E-state index contributed by atoms with van der Waals surface area (Å²) in [6.45, 7) is 1.09. The number of piperazine rings is 1. The van der Waals surface area contributed by atoms with Crippen LogP contribution in [0.5, 0.6) is 0 Å². The predicted octanol–water partition coefficient (Wildman–Crippen LogP) is 2.69. The van der Waals surface area contributed by atoms with Crippen molar-refractivity contribution >= 4 is 11.8 Å². The molecule has 1 unspecified atom stereocenters. The second kappa shape index (κ2) is 8.02. The van der Waals surface area contributed by atoms with Gasteiger partial charge in [-0.05, 0) is 17.7 Å². The lowest BCUT2D eigenvalue weighted by Crippen LogP contribution is -2.52. The average Bonchev–Trinajstić information content (AvgIpc) is 2.68. The first-order valence-corrected chi connectivity index (χ1v) is 8.83. The molecular formula is C20H20F3N3O2. The monoisotopic (exact) mass is 391 g/mol. The summed E-state index contributed by atoms with van der Waals surface area (Å²) in [6.07, 6.45) is -4.60. The van der Waals surface area contributed by atoms with Crippen molar-refractivity contribution in [3.63, 3.8) is 0 Å². The summed E-state index contributed by atoms with van der Waals surface area (Å²) < 4.78 is 39.6. The van der Waals surface area contributed by atoms with Crippen molar-refractivity contribution in [2.75, 3.05) is 26.2 Å². The molecule has 0 spiro atoms. The maximum atomic E-state index is 13.2. The third-order valence-electron chi connectivity index (χ3n) is 4.81. The summed E-state index contributed by atoms with van der Waals surface area (Å²) in [7, 11) is 0. The van der Waals surface area contributed by atoms with Crippen LogP contribution in [0.2, 0.25) is 0 Å². The zero-order valence-electron chi connectivity index (χ0n) is 15.0. The lowest BCUT2D eigenvalue weighted by atomic mass is 10.0. The molecule has 1 atom stereocenters. The van der Waals surface area contributed by atoms with Crippen LogP contribution in [-0.2, 0) is 11.0 Å². The van der Waals surface area contributed by atoms with Crippen LogP contribution in [0.3, 0.4) is 0 Å². The number of hydrogen-bond donors (Lipinski definition) is 1. The molecule has 8 heteroatoms. The second-order valence-corrected chi connectivity index (χ2v) is 6.59. The van der Waals surface area contributed by atoms with Gasteiger partial charge in [0.05, 0.1) is 11.1 Å². The summed E-state index contributed by atoms with van der Waals surface area (Å²) >= 11 is 0. The average molecular weight is 391 g/mol. The molecule has 0 bridgehead atoms. The molecule has 5 nitrogen and oxygen atoms in total. The molecule has 2 N–H and O–H groups in total. The second-order valence-electron chi connectivity index (χ2n) is 6.59. The van der Waals surface area contributed by atoms with E-state index in [1.807, 2.05) is 11.0 Å². The maximum Gasteiger partial charge on any atom is 0.417 e. The molecule has 3 rings (SSSR count). The van der Waals surface area contributed by atoms with E-state index in [0.29, 0.717) is 13.1 Å². The number of nitrogens with zero attached hydrogens (tertiary/aromatic N) is 2. The van der Waals surface area contributed by atoms with Crippen molar-refractivity contribution in [2.45, 2.75) is 12.2 Å². The number of halogens is 3. The van der Waals surface area contributed by atoms with Crippen LogP contribution in [0, 0.1) is 0 Å². The molecule has 0 radical (unpaired) electrons. The molecule has 2 aromatic rings. The van der Waals surface area contributed by atoms with Crippen molar-refractivity contribution in [3.05, 3.63) is 71.3 Å². The zero-order valence-corrected chi connectivity index (χ0v) is 15.0. The minimum Gasteiger partial charge on any atom is -0.368 e. The van der Waals surface area contributed by atoms with Gasteiger partial charge in [0, 0.05) is 26.2 Å².